The topological polar surface area (TPSA) is 68.0 Å². The van der Waals surface area contributed by atoms with Crippen LogP contribution in [0.1, 0.15) is 12.0 Å². The molecular weight excluding hydrogens is 298 g/mol. The Bertz CT molecular complexity index is 768. The number of hydrogen-bond acceptors (Lipinski definition) is 5. The molecule has 0 spiro atoms. The first-order chi connectivity index (χ1) is 10.7. The molecule has 112 valence electrons. The Morgan fingerprint density at radius 1 is 1.27 bits per heavy atom. The van der Waals surface area contributed by atoms with Crippen LogP contribution in [0.4, 0.5) is 5.82 Å². The average molecular weight is 313 g/mol. The number of thioether (sulfide) groups is 1. The smallest absolute Gasteiger partial charge is 0.256 e. The maximum absolute atomic E-state index is 11.9. The molecule has 1 aromatic carbocycles. The van der Waals surface area contributed by atoms with Crippen molar-refractivity contribution in [3.8, 4) is 0 Å². The fraction of sp³-hybridized carbons (Fsp3) is 0.188. The van der Waals surface area contributed by atoms with E-state index in [0.717, 1.165) is 16.7 Å². The minimum absolute atomic E-state index is 0.0644. The number of nitrogens with one attached hydrogen (secondary N) is 1. The number of oxazole rings is 1. The van der Waals surface area contributed by atoms with Crippen molar-refractivity contribution in [2.45, 2.75) is 18.6 Å². The van der Waals surface area contributed by atoms with Gasteiger partial charge in [0.1, 0.15) is 11.3 Å². The summed E-state index contributed by atoms with van der Waals surface area (Å²) in [7, 11) is 0. The van der Waals surface area contributed by atoms with Gasteiger partial charge < -0.3 is 9.73 Å². The summed E-state index contributed by atoms with van der Waals surface area (Å²) in [5.74, 6) is 1.15. The Hall–Kier alpha value is -2.34. The van der Waals surface area contributed by atoms with Gasteiger partial charge in [0.05, 0.1) is 0 Å². The Kier molecular flexibility index (Phi) is 4.39. The van der Waals surface area contributed by atoms with Crippen LogP contribution in [0, 0.1) is 6.92 Å². The molecule has 5 nitrogen and oxygen atoms in total. The number of pyridine rings is 1. The van der Waals surface area contributed by atoms with E-state index in [4.69, 9.17) is 4.42 Å². The molecule has 0 radical (unpaired) electrons. The standard InChI is InChI=1S/C16H15N3O2S/c1-11-5-4-9-17-15(11)19-14(20)8-10-22-16-18-12-6-2-3-7-13(12)21-16/h2-7,9H,8,10H2,1H3,(H,17,19,20). The molecule has 2 aromatic heterocycles. The van der Waals surface area contributed by atoms with Crippen molar-refractivity contribution in [3.05, 3.63) is 48.2 Å². The molecule has 1 N–H and O–H groups in total. The molecule has 0 saturated heterocycles. The third kappa shape index (κ3) is 3.46. The van der Waals surface area contributed by atoms with Crippen LogP contribution in [0.2, 0.25) is 0 Å². The van der Waals surface area contributed by atoms with E-state index < -0.39 is 0 Å². The average Bonchev–Trinajstić information content (AvgIpc) is 2.92. The van der Waals surface area contributed by atoms with E-state index in [1.54, 1.807) is 6.20 Å². The number of amides is 1. The Balaban J connectivity index is 1.52. The highest BCUT2D eigenvalue weighted by Crippen LogP contribution is 2.23. The molecule has 3 aromatic rings. The van der Waals surface area contributed by atoms with Gasteiger partial charge in [0, 0.05) is 18.4 Å². The van der Waals surface area contributed by atoms with E-state index in [0.29, 0.717) is 23.2 Å². The number of fused-ring (bicyclic) bond motifs is 1. The summed E-state index contributed by atoms with van der Waals surface area (Å²) >= 11 is 1.43. The van der Waals surface area contributed by atoms with E-state index in [-0.39, 0.29) is 5.91 Å². The van der Waals surface area contributed by atoms with Gasteiger partial charge in [0.25, 0.3) is 5.22 Å². The summed E-state index contributed by atoms with van der Waals surface area (Å²) in [6.45, 7) is 1.91. The van der Waals surface area contributed by atoms with Crippen molar-refractivity contribution < 1.29 is 9.21 Å². The zero-order chi connectivity index (χ0) is 15.4. The highest BCUT2D eigenvalue weighted by molar-refractivity contribution is 7.99. The number of carbonyl (C=O) groups is 1. The van der Waals surface area contributed by atoms with E-state index in [1.165, 1.54) is 11.8 Å². The van der Waals surface area contributed by atoms with E-state index in [2.05, 4.69) is 15.3 Å². The number of aromatic nitrogens is 2. The van der Waals surface area contributed by atoms with Crippen LogP contribution in [0.5, 0.6) is 0 Å². The van der Waals surface area contributed by atoms with E-state index in [1.807, 2.05) is 43.3 Å². The summed E-state index contributed by atoms with van der Waals surface area (Å²) in [6.07, 6.45) is 2.04. The molecule has 0 bridgehead atoms. The van der Waals surface area contributed by atoms with Crippen molar-refractivity contribution in [1.29, 1.82) is 0 Å². The maximum atomic E-state index is 11.9. The molecule has 2 heterocycles. The molecule has 0 aliphatic rings. The molecule has 0 unspecified atom stereocenters. The predicted octanol–water partition coefficient (Wildman–Crippen LogP) is 3.65. The minimum Gasteiger partial charge on any atom is -0.431 e. The van der Waals surface area contributed by atoms with Gasteiger partial charge in [0.2, 0.25) is 5.91 Å². The predicted molar refractivity (Wildman–Crippen MR) is 87.0 cm³/mol. The number of rotatable bonds is 5. The van der Waals surface area contributed by atoms with Gasteiger partial charge in [-0.15, -0.1) is 0 Å². The first-order valence-electron chi connectivity index (χ1n) is 6.92. The fourth-order valence-corrected chi connectivity index (χ4v) is 2.73. The van der Waals surface area contributed by atoms with Gasteiger partial charge in [0.15, 0.2) is 5.58 Å². The molecule has 6 heteroatoms. The number of benzene rings is 1. The summed E-state index contributed by atoms with van der Waals surface area (Å²) in [5.41, 5.74) is 2.54. The van der Waals surface area contributed by atoms with Crippen LogP contribution in [0.15, 0.2) is 52.2 Å². The first-order valence-corrected chi connectivity index (χ1v) is 7.91. The van der Waals surface area contributed by atoms with Gasteiger partial charge >= 0.3 is 0 Å². The second-order valence-corrected chi connectivity index (χ2v) is 5.81. The number of anilines is 1. The number of hydrogen-bond donors (Lipinski definition) is 1. The Morgan fingerprint density at radius 3 is 2.95 bits per heavy atom. The largest absolute Gasteiger partial charge is 0.431 e. The third-order valence-corrected chi connectivity index (χ3v) is 3.93. The monoisotopic (exact) mass is 313 g/mol. The molecule has 0 atom stereocenters. The van der Waals surface area contributed by atoms with Crippen LogP contribution < -0.4 is 5.32 Å². The fourth-order valence-electron chi connectivity index (χ4n) is 1.95. The number of carbonyl (C=O) groups excluding carboxylic acids is 1. The lowest BCUT2D eigenvalue weighted by Crippen LogP contribution is -2.14. The number of nitrogens with zero attached hydrogens (tertiary/aromatic N) is 2. The van der Waals surface area contributed by atoms with Gasteiger partial charge in [-0.2, -0.15) is 0 Å². The van der Waals surface area contributed by atoms with Gasteiger partial charge in [-0.25, -0.2) is 9.97 Å². The van der Waals surface area contributed by atoms with E-state index in [9.17, 15) is 4.79 Å². The minimum atomic E-state index is -0.0644. The normalized spacial score (nSPS) is 10.8. The molecule has 3 rings (SSSR count). The lowest BCUT2D eigenvalue weighted by atomic mass is 10.3. The van der Waals surface area contributed by atoms with Crippen LogP contribution >= 0.6 is 11.8 Å². The third-order valence-electron chi connectivity index (χ3n) is 3.10. The summed E-state index contributed by atoms with van der Waals surface area (Å²) < 4.78 is 5.60. The zero-order valence-electron chi connectivity index (χ0n) is 12.1. The highest BCUT2D eigenvalue weighted by atomic mass is 32.2. The van der Waals surface area contributed by atoms with Crippen molar-refractivity contribution >= 4 is 34.6 Å². The second kappa shape index (κ2) is 6.62. The summed E-state index contributed by atoms with van der Waals surface area (Å²) in [6, 6.07) is 11.4. The van der Waals surface area contributed by atoms with Crippen LogP contribution in [0.3, 0.4) is 0 Å². The van der Waals surface area contributed by atoms with Crippen molar-refractivity contribution in [2.75, 3.05) is 11.1 Å². The molecule has 22 heavy (non-hydrogen) atoms. The van der Waals surface area contributed by atoms with Crippen LogP contribution in [-0.4, -0.2) is 21.6 Å². The van der Waals surface area contributed by atoms with E-state index >= 15 is 0 Å². The van der Waals surface area contributed by atoms with Crippen LogP contribution in [-0.2, 0) is 4.79 Å². The SMILES string of the molecule is Cc1cccnc1NC(=O)CCSc1nc2ccccc2o1. The van der Waals surface area contributed by atoms with Gasteiger partial charge in [-0.05, 0) is 30.7 Å². The molecule has 0 aliphatic heterocycles. The quantitative estimate of drug-likeness (QED) is 0.728. The molecule has 1 amide bonds. The Labute approximate surface area is 132 Å². The number of aryl methyl sites for hydroxylation is 1. The number of para-hydroxylation sites is 2. The summed E-state index contributed by atoms with van der Waals surface area (Å²) in [4.78, 5) is 20.4. The van der Waals surface area contributed by atoms with Crippen molar-refractivity contribution in [3.63, 3.8) is 0 Å². The highest BCUT2D eigenvalue weighted by Gasteiger charge is 2.09. The molecule has 0 aliphatic carbocycles. The molecular formula is C16H15N3O2S. The van der Waals surface area contributed by atoms with Crippen LogP contribution in [0.25, 0.3) is 11.1 Å². The first kappa shape index (κ1) is 14.6. The lowest BCUT2D eigenvalue weighted by molar-refractivity contribution is -0.115. The van der Waals surface area contributed by atoms with Gasteiger partial charge in [-0.1, -0.05) is 30.0 Å². The van der Waals surface area contributed by atoms with Crippen molar-refractivity contribution in [1.82, 2.24) is 9.97 Å². The lowest BCUT2D eigenvalue weighted by Gasteiger charge is -2.05. The summed E-state index contributed by atoms with van der Waals surface area (Å²) in [5, 5.41) is 3.39. The Morgan fingerprint density at radius 2 is 2.14 bits per heavy atom. The zero-order valence-corrected chi connectivity index (χ0v) is 12.9. The van der Waals surface area contributed by atoms with Gasteiger partial charge in [-0.3, -0.25) is 4.79 Å². The van der Waals surface area contributed by atoms with Crippen molar-refractivity contribution in [2.24, 2.45) is 0 Å². The molecule has 0 fully saturated rings. The maximum Gasteiger partial charge on any atom is 0.256 e. The second-order valence-electron chi connectivity index (χ2n) is 4.76. The molecule has 0 saturated carbocycles.